The summed E-state index contributed by atoms with van der Waals surface area (Å²) in [6.45, 7) is 2.75. The fourth-order valence-electron chi connectivity index (χ4n) is 1.85. The third kappa shape index (κ3) is 5.31. The van der Waals surface area contributed by atoms with Crippen LogP contribution >= 0.6 is 23.2 Å². The van der Waals surface area contributed by atoms with Crippen LogP contribution in [-0.4, -0.2) is 12.5 Å². The Bertz CT molecular complexity index is 676. The molecule has 0 bridgehead atoms. The molecule has 0 aliphatic rings. The van der Waals surface area contributed by atoms with Crippen LogP contribution < -0.4 is 10.1 Å². The lowest BCUT2D eigenvalue weighted by Gasteiger charge is -2.07. The first-order valence-electron chi connectivity index (χ1n) is 7.26. The highest BCUT2D eigenvalue weighted by Crippen LogP contribution is 2.29. The lowest BCUT2D eigenvalue weighted by molar-refractivity contribution is -0.111. The predicted octanol–water partition coefficient (Wildman–Crippen LogP) is 5.43. The van der Waals surface area contributed by atoms with E-state index in [9.17, 15) is 4.79 Å². The number of rotatable bonds is 6. The number of carbonyl (C=O) groups is 1. The van der Waals surface area contributed by atoms with Crippen LogP contribution in [-0.2, 0) is 4.79 Å². The van der Waals surface area contributed by atoms with Gasteiger partial charge >= 0.3 is 0 Å². The lowest BCUT2D eigenvalue weighted by atomic mass is 10.2. The van der Waals surface area contributed by atoms with Crippen molar-refractivity contribution in [2.45, 2.75) is 13.3 Å². The Morgan fingerprint density at radius 2 is 1.78 bits per heavy atom. The molecule has 0 saturated heterocycles. The fourth-order valence-corrected chi connectivity index (χ4v) is 2.34. The average molecular weight is 350 g/mol. The van der Waals surface area contributed by atoms with Crippen LogP contribution in [0.15, 0.2) is 48.5 Å². The molecule has 0 radical (unpaired) electrons. The summed E-state index contributed by atoms with van der Waals surface area (Å²) in [5.41, 5.74) is 1.31. The van der Waals surface area contributed by atoms with Gasteiger partial charge in [-0.15, -0.1) is 0 Å². The highest BCUT2D eigenvalue weighted by molar-refractivity contribution is 6.39. The van der Waals surface area contributed by atoms with Gasteiger partial charge in [0.2, 0.25) is 5.91 Å². The van der Waals surface area contributed by atoms with Gasteiger partial charge in [-0.1, -0.05) is 48.3 Å². The first-order valence-corrected chi connectivity index (χ1v) is 8.01. The number of amides is 1. The molecule has 5 heteroatoms. The van der Waals surface area contributed by atoms with Crippen LogP contribution in [0.25, 0.3) is 6.08 Å². The van der Waals surface area contributed by atoms with Gasteiger partial charge in [-0.2, -0.15) is 0 Å². The summed E-state index contributed by atoms with van der Waals surface area (Å²) in [7, 11) is 0. The number of anilines is 1. The number of nitrogens with one attached hydrogen (secondary N) is 1. The molecule has 1 N–H and O–H groups in total. The average Bonchev–Trinajstić information content (AvgIpc) is 2.55. The lowest BCUT2D eigenvalue weighted by Crippen LogP contribution is -2.08. The monoisotopic (exact) mass is 349 g/mol. The minimum Gasteiger partial charge on any atom is -0.494 e. The number of carbonyl (C=O) groups excluding carboxylic acids is 1. The van der Waals surface area contributed by atoms with Crippen molar-refractivity contribution in [1.82, 2.24) is 0 Å². The number of benzene rings is 2. The fraction of sp³-hybridized carbons (Fsp3) is 0.167. The molecule has 2 aromatic carbocycles. The van der Waals surface area contributed by atoms with Gasteiger partial charge in [0.1, 0.15) is 5.75 Å². The molecule has 0 unspecified atom stereocenters. The third-order valence-electron chi connectivity index (χ3n) is 2.99. The van der Waals surface area contributed by atoms with Crippen LogP contribution in [0.5, 0.6) is 5.75 Å². The Kier molecular flexibility index (Phi) is 6.51. The van der Waals surface area contributed by atoms with Crippen molar-refractivity contribution in [2.24, 2.45) is 0 Å². The molecule has 23 heavy (non-hydrogen) atoms. The molecule has 0 fully saturated rings. The standard InChI is InChI=1S/C18H17Cl2NO2/c1-2-12-23-14-9-6-13(7-10-14)8-11-17(22)21-18-15(19)4-3-5-16(18)20/h3-11H,2,12H2,1H3,(H,21,22)/b11-8+. The molecule has 0 spiro atoms. The first-order chi connectivity index (χ1) is 11.1. The molecular formula is C18H17Cl2NO2. The van der Waals surface area contributed by atoms with Crippen molar-refractivity contribution in [3.63, 3.8) is 0 Å². The Morgan fingerprint density at radius 1 is 1.13 bits per heavy atom. The van der Waals surface area contributed by atoms with Crippen LogP contribution in [0, 0.1) is 0 Å². The van der Waals surface area contributed by atoms with E-state index in [1.54, 1.807) is 24.3 Å². The second-order valence-electron chi connectivity index (χ2n) is 4.84. The van der Waals surface area contributed by atoms with Crippen molar-refractivity contribution in [3.05, 3.63) is 64.1 Å². The van der Waals surface area contributed by atoms with Crippen molar-refractivity contribution >= 4 is 40.9 Å². The predicted molar refractivity (Wildman–Crippen MR) is 96.4 cm³/mol. The third-order valence-corrected chi connectivity index (χ3v) is 3.62. The minimum atomic E-state index is -0.300. The Hall–Kier alpha value is -1.97. The summed E-state index contributed by atoms with van der Waals surface area (Å²) >= 11 is 12.0. The van der Waals surface area contributed by atoms with E-state index in [0.717, 1.165) is 17.7 Å². The van der Waals surface area contributed by atoms with Crippen LogP contribution in [0.3, 0.4) is 0 Å². The smallest absolute Gasteiger partial charge is 0.248 e. The number of hydrogen-bond acceptors (Lipinski definition) is 2. The maximum Gasteiger partial charge on any atom is 0.248 e. The molecule has 0 atom stereocenters. The van der Waals surface area contributed by atoms with E-state index in [-0.39, 0.29) is 5.91 Å². The molecule has 2 aromatic rings. The maximum absolute atomic E-state index is 12.0. The summed E-state index contributed by atoms with van der Waals surface area (Å²) in [5, 5.41) is 3.47. The summed E-state index contributed by atoms with van der Waals surface area (Å²) in [5.74, 6) is 0.516. The van der Waals surface area contributed by atoms with Gasteiger partial charge in [0.25, 0.3) is 0 Å². The van der Waals surface area contributed by atoms with E-state index in [1.807, 2.05) is 24.3 Å². The zero-order chi connectivity index (χ0) is 16.7. The summed E-state index contributed by atoms with van der Waals surface area (Å²) in [6.07, 6.45) is 4.11. The Balaban J connectivity index is 1.98. The molecular weight excluding hydrogens is 333 g/mol. The highest BCUT2D eigenvalue weighted by Gasteiger charge is 2.07. The second kappa shape index (κ2) is 8.61. The number of para-hydroxylation sites is 1. The zero-order valence-corrected chi connectivity index (χ0v) is 14.2. The van der Waals surface area contributed by atoms with E-state index < -0.39 is 0 Å². The molecule has 0 aromatic heterocycles. The quantitative estimate of drug-likeness (QED) is 0.705. The molecule has 120 valence electrons. The van der Waals surface area contributed by atoms with E-state index in [4.69, 9.17) is 27.9 Å². The van der Waals surface area contributed by atoms with Gasteiger partial charge in [0.15, 0.2) is 0 Å². The van der Waals surface area contributed by atoms with Gasteiger partial charge in [-0.25, -0.2) is 0 Å². The normalized spacial score (nSPS) is 10.7. The maximum atomic E-state index is 12.0. The van der Waals surface area contributed by atoms with Crippen LogP contribution in [0.2, 0.25) is 10.0 Å². The molecule has 0 saturated carbocycles. The largest absolute Gasteiger partial charge is 0.494 e. The first kappa shape index (κ1) is 17.4. The van der Waals surface area contributed by atoms with Crippen molar-refractivity contribution in [3.8, 4) is 5.75 Å². The molecule has 1 amide bonds. The Labute approximate surface area is 145 Å². The summed E-state index contributed by atoms with van der Waals surface area (Å²) < 4.78 is 5.51. The van der Waals surface area contributed by atoms with E-state index >= 15 is 0 Å². The SMILES string of the molecule is CCCOc1ccc(/C=C/C(=O)Nc2c(Cl)cccc2Cl)cc1. The zero-order valence-electron chi connectivity index (χ0n) is 12.7. The molecule has 2 rings (SSSR count). The Morgan fingerprint density at radius 3 is 2.39 bits per heavy atom. The van der Waals surface area contributed by atoms with E-state index in [0.29, 0.717) is 22.3 Å². The van der Waals surface area contributed by atoms with Gasteiger partial charge in [0, 0.05) is 6.08 Å². The highest BCUT2D eigenvalue weighted by atomic mass is 35.5. The van der Waals surface area contributed by atoms with Crippen molar-refractivity contribution in [1.29, 1.82) is 0 Å². The van der Waals surface area contributed by atoms with Crippen LogP contribution in [0.4, 0.5) is 5.69 Å². The number of hydrogen-bond donors (Lipinski definition) is 1. The molecule has 3 nitrogen and oxygen atoms in total. The van der Waals surface area contributed by atoms with Gasteiger partial charge < -0.3 is 10.1 Å². The molecule has 0 heterocycles. The van der Waals surface area contributed by atoms with Crippen molar-refractivity contribution < 1.29 is 9.53 Å². The summed E-state index contributed by atoms with van der Waals surface area (Å²) in [6, 6.07) is 12.6. The van der Waals surface area contributed by atoms with E-state index in [2.05, 4.69) is 12.2 Å². The minimum absolute atomic E-state index is 0.300. The number of halogens is 2. The second-order valence-corrected chi connectivity index (χ2v) is 5.65. The van der Waals surface area contributed by atoms with Gasteiger partial charge in [-0.05, 0) is 42.3 Å². The number of ether oxygens (including phenoxy) is 1. The van der Waals surface area contributed by atoms with Crippen molar-refractivity contribution in [2.75, 3.05) is 11.9 Å². The van der Waals surface area contributed by atoms with Gasteiger partial charge in [-0.3, -0.25) is 4.79 Å². The molecule has 0 aliphatic carbocycles. The topological polar surface area (TPSA) is 38.3 Å². The van der Waals surface area contributed by atoms with Gasteiger partial charge in [0.05, 0.1) is 22.3 Å². The summed E-state index contributed by atoms with van der Waals surface area (Å²) in [4.78, 5) is 12.0. The molecule has 0 aliphatic heterocycles. The van der Waals surface area contributed by atoms with E-state index in [1.165, 1.54) is 6.08 Å². The van der Waals surface area contributed by atoms with Crippen LogP contribution in [0.1, 0.15) is 18.9 Å².